The molecule has 5 unspecified atom stereocenters. The van der Waals surface area contributed by atoms with Crippen molar-refractivity contribution < 1.29 is 9.90 Å². The molecule has 0 aliphatic heterocycles. The zero-order valence-electron chi connectivity index (χ0n) is 20.7. The summed E-state index contributed by atoms with van der Waals surface area (Å²) in [6.07, 6.45) is 20.5. The van der Waals surface area contributed by atoms with Crippen LogP contribution in [0.1, 0.15) is 119 Å². The van der Waals surface area contributed by atoms with Gasteiger partial charge >= 0.3 is 5.97 Å². The standard InChI is InChI=1S/C20H34.C8H14O2/c1-5-6-13-19(3)15(2)9-11-18-17(19)12-10-16-8-7-14-20(16,18)4;1-3-4-5-6-7(2)8(9)10/h11,15-17H,5-10,12-14H2,1-4H3;6H,3-5H2,1-2H3,(H,9,10)/b;7-6-. The Morgan fingerprint density at radius 1 is 1.17 bits per heavy atom. The second-order valence-corrected chi connectivity index (χ2v) is 10.9. The maximum atomic E-state index is 10.2. The van der Waals surface area contributed by atoms with Crippen LogP contribution in [-0.4, -0.2) is 11.1 Å². The number of aliphatic carboxylic acids is 1. The third-order valence-corrected chi connectivity index (χ3v) is 9.02. The monoisotopic (exact) mass is 416 g/mol. The van der Waals surface area contributed by atoms with Gasteiger partial charge in [-0.3, -0.25) is 0 Å². The second-order valence-electron chi connectivity index (χ2n) is 10.9. The molecule has 5 atom stereocenters. The molecular formula is C28H48O2. The van der Waals surface area contributed by atoms with Crippen LogP contribution in [0.3, 0.4) is 0 Å². The van der Waals surface area contributed by atoms with Crippen molar-refractivity contribution in [3.05, 3.63) is 23.3 Å². The van der Waals surface area contributed by atoms with Crippen molar-refractivity contribution in [2.45, 2.75) is 119 Å². The van der Waals surface area contributed by atoms with Crippen LogP contribution < -0.4 is 0 Å². The van der Waals surface area contributed by atoms with E-state index < -0.39 is 5.97 Å². The summed E-state index contributed by atoms with van der Waals surface area (Å²) in [5.41, 5.74) is 3.52. The molecule has 0 aromatic carbocycles. The van der Waals surface area contributed by atoms with Crippen molar-refractivity contribution in [3.8, 4) is 0 Å². The first-order valence-electron chi connectivity index (χ1n) is 12.8. The van der Waals surface area contributed by atoms with Crippen molar-refractivity contribution in [2.75, 3.05) is 0 Å². The third-order valence-electron chi connectivity index (χ3n) is 9.02. The molecule has 3 aliphatic carbocycles. The zero-order valence-corrected chi connectivity index (χ0v) is 20.7. The van der Waals surface area contributed by atoms with Crippen molar-refractivity contribution in [2.24, 2.45) is 28.6 Å². The number of hydrogen-bond donors (Lipinski definition) is 1. The lowest BCUT2D eigenvalue weighted by atomic mass is 9.50. The zero-order chi connectivity index (χ0) is 22.4. The van der Waals surface area contributed by atoms with Crippen molar-refractivity contribution in [1.82, 2.24) is 0 Å². The van der Waals surface area contributed by atoms with E-state index in [-0.39, 0.29) is 0 Å². The van der Waals surface area contributed by atoms with Gasteiger partial charge in [-0.25, -0.2) is 4.79 Å². The highest BCUT2D eigenvalue weighted by atomic mass is 16.4. The average molecular weight is 417 g/mol. The van der Waals surface area contributed by atoms with E-state index in [4.69, 9.17) is 5.11 Å². The number of rotatable bonds is 7. The maximum Gasteiger partial charge on any atom is 0.330 e. The lowest BCUT2D eigenvalue weighted by molar-refractivity contribution is -0.132. The molecule has 1 N–H and O–H groups in total. The first-order valence-corrected chi connectivity index (χ1v) is 12.8. The fourth-order valence-corrected chi connectivity index (χ4v) is 6.57. The Labute approximate surface area is 186 Å². The smallest absolute Gasteiger partial charge is 0.330 e. The fourth-order valence-electron chi connectivity index (χ4n) is 6.57. The topological polar surface area (TPSA) is 37.3 Å². The highest BCUT2D eigenvalue weighted by molar-refractivity contribution is 5.85. The number of carboxylic acid groups (broad SMARTS) is 1. The van der Waals surface area contributed by atoms with E-state index in [1.54, 1.807) is 13.0 Å². The second kappa shape index (κ2) is 11.0. The molecule has 0 aromatic heterocycles. The van der Waals surface area contributed by atoms with Gasteiger partial charge in [0.05, 0.1) is 0 Å². The molecule has 30 heavy (non-hydrogen) atoms. The minimum Gasteiger partial charge on any atom is -0.478 e. The van der Waals surface area contributed by atoms with Crippen LogP contribution >= 0.6 is 0 Å². The predicted molar refractivity (Wildman–Crippen MR) is 129 cm³/mol. The van der Waals surface area contributed by atoms with Crippen LogP contribution in [0.4, 0.5) is 0 Å². The quantitative estimate of drug-likeness (QED) is 0.256. The minimum absolute atomic E-state index is 0.452. The minimum atomic E-state index is -0.809. The van der Waals surface area contributed by atoms with Gasteiger partial charge in [-0.1, -0.05) is 84.4 Å². The lowest BCUT2D eigenvalue weighted by Gasteiger charge is -2.55. The van der Waals surface area contributed by atoms with Gasteiger partial charge < -0.3 is 5.11 Å². The van der Waals surface area contributed by atoms with Crippen LogP contribution in [0, 0.1) is 28.6 Å². The number of carbonyl (C=O) groups is 1. The summed E-state index contributed by atoms with van der Waals surface area (Å²) in [6, 6.07) is 0. The van der Waals surface area contributed by atoms with E-state index >= 15 is 0 Å². The van der Waals surface area contributed by atoms with Crippen LogP contribution in [-0.2, 0) is 4.79 Å². The number of unbranched alkanes of at least 4 members (excludes halogenated alkanes) is 3. The van der Waals surface area contributed by atoms with E-state index in [0.717, 1.165) is 37.0 Å². The maximum absolute atomic E-state index is 10.2. The van der Waals surface area contributed by atoms with Gasteiger partial charge in [0.25, 0.3) is 0 Å². The molecule has 0 amide bonds. The Morgan fingerprint density at radius 3 is 2.50 bits per heavy atom. The lowest BCUT2D eigenvalue weighted by Crippen LogP contribution is -2.46. The number of allylic oxidation sites excluding steroid dienone is 3. The van der Waals surface area contributed by atoms with Crippen molar-refractivity contribution in [3.63, 3.8) is 0 Å². The van der Waals surface area contributed by atoms with E-state index in [2.05, 4.69) is 40.7 Å². The van der Waals surface area contributed by atoms with Gasteiger partial charge in [-0.05, 0) is 80.5 Å². The highest BCUT2D eigenvalue weighted by Crippen LogP contribution is 2.63. The number of carboxylic acids is 1. The van der Waals surface area contributed by atoms with Crippen LogP contribution in [0.5, 0.6) is 0 Å². The Bertz CT molecular complexity index is 631. The molecule has 0 radical (unpaired) electrons. The molecule has 3 rings (SSSR count). The molecular weight excluding hydrogens is 368 g/mol. The predicted octanol–water partition coefficient (Wildman–Crippen LogP) is 8.57. The first kappa shape index (κ1) is 25.2. The van der Waals surface area contributed by atoms with Gasteiger partial charge in [0, 0.05) is 5.57 Å². The van der Waals surface area contributed by atoms with E-state index in [1.807, 2.05) is 5.57 Å². The Balaban J connectivity index is 0.000000274. The largest absolute Gasteiger partial charge is 0.478 e. The molecule has 0 saturated heterocycles. The molecule has 0 heterocycles. The first-order chi connectivity index (χ1) is 14.2. The normalized spacial score (nSPS) is 35.6. The molecule has 172 valence electrons. The van der Waals surface area contributed by atoms with Crippen molar-refractivity contribution in [1.29, 1.82) is 0 Å². The fraction of sp³-hybridized carbons (Fsp3) is 0.821. The van der Waals surface area contributed by atoms with Crippen LogP contribution in [0.15, 0.2) is 23.3 Å². The SMILES string of the molecule is CCCC/C=C(/C)C(=O)O.CCCCC1(C)C(C)CC=C2C1CCC1CCCC21C. The summed E-state index contributed by atoms with van der Waals surface area (Å²) in [7, 11) is 0. The molecule has 0 aromatic rings. The Morgan fingerprint density at radius 2 is 1.87 bits per heavy atom. The van der Waals surface area contributed by atoms with Gasteiger partial charge in [0.2, 0.25) is 0 Å². The molecule has 0 spiro atoms. The summed E-state index contributed by atoms with van der Waals surface area (Å²) in [6.45, 7) is 13.8. The van der Waals surface area contributed by atoms with Gasteiger partial charge in [-0.2, -0.15) is 0 Å². The molecule has 2 fully saturated rings. The molecule has 0 bridgehead atoms. The number of fused-ring (bicyclic) bond motifs is 3. The summed E-state index contributed by atoms with van der Waals surface area (Å²) in [5, 5.41) is 8.41. The van der Waals surface area contributed by atoms with E-state index in [1.165, 1.54) is 57.8 Å². The van der Waals surface area contributed by atoms with Gasteiger partial charge in [-0.15, -0.1) is 0 Å². The molecule has 2 saturated carbocycles. The summed E-state index contributed by atoms with van der Waals surface area (Å²) >= 11 is 0. The number of hydrogen-bond acceptors (Lipinski definition) is 1. The van der Waals surface area contributed by atoms with Crippen LogP contribution in [0.2, 0.25) is 0 Å². The summed E-state index contributed by atoms with van der Waals surface area (Å²) in [5.74, 6) is 1.98. The van der Waals surface area contributed by atoms with Gasteiger partial charge in [0.1, 0.15) is 0 Å². The molecule has 2 heteroatoms. The highest BCUT2D eigenvalue weighted by Gasteiger charge is 2.53. The summed E-state index contributed by atoms with van der Waals surface area (Å²) in [4.78, 5) is 10.2. The van der Waals surface area contributed by atoms with E-state index in [9.17, 15) is 4.79 Å². The molecule has 3 aliphatic rings. The third kappa shape index (κ3) is 5.40. The Kier molecular flexibility index (Phi) is 9.25. The van der Waals surface area contributed by atoms with E-state index in [0.29, 0.717) is 16.4 Å². The Hall–Kier alpha value is -1.05. The van der Waals surface area contributed by atoms with Gasteiger partial charge in [0.15, 0.2) is 0 Å². The molecule has 2 nitrogen and oxygen atoms in total. The van der Waals surface area contributed by atoms with Crippen molar-refractivity contribution >= 4 is 5.97 Å². The average Bonchev–Trinajstić information content (AvgIpc) is 3.11. The summed E-state index contributed by atoms with van der Waals surface area (Å²) < 4.78 is 0. The van der Waals surface area contributed by atoms with Crippen LogP contribution in [0.25, 0.3) is 0 Å².